The number of amides is 1. The van der Waals surface area contributed by atoms with Gasteiger partial charge in [-0.2, -0.15) is 0 Å². The van der Waals surface area contributed by atoms with Crippen molar-refractivity contribution in [3.05, 3.63) is 57.8 Å². The number of ether oxygens (including phenoxy) is 2. The number of hydrogen-bond acceptors (Lipinski definition) is 11. The molecule has 4 N–H and O–H groups in total. The van der Waals surface area contributed by atoms with Gasteiger partial charge in [0.25, 0.3) is 5.91 Å². The van der Waals surface area contributed by atoms with E-state index in [1.165, 1.54) is 6.92 Å². The molecule has 7 rings (SSSR count). The smallest absolute Gasteiger partial charge is 0.302 e. The lowest BCUT2D eigenvalue weighted by Gasteiger charge is -2.36. The molecule has 2 aromatic rings. The first kappa shape index (κ1) is 43.0. The molecule has 1 fully saturated rings. The summed E-state index contributed by atoms with van der Waals surface area (Å²) in [6.45, 7) is 21.1. The Morgan fingerprint density at radius 3 is 2.34 bits per heavy atom. The van der Waals surface area contributed by atoms with Crippen LogP contribution in [0.25, 0.3) is 10.8 Å². The van der Waals surface area contributed by atoms with E-state index in [1.807, 2.05) is 52.0 Å². The standard InChI is InChI=1S/C46H62N4O8/c1-24(2)23-50-20-18-46(19-21-50)48-35-32-33-39(53)30(8)42-34(32)43(55)45(10,58-42)17-12-11-15-26(4)41(57-31(9)51)29(7)38(52)28(6)22-25(3)14-13-16-27(5)44(56)47-37(40(33)54)36(35)49-46/h11-14,16,24-26,28-29,38,41,52-54H,15,17-23H2,1-10H3,(H,47,56)/b12-11+,14-13+,27-16-/t25-,26+,28+,29+,38+,41+,45+/m0/s1. The highest BCUT2D eigenvalue weighted by atomic mass is 16.5. The first-order valence-corrected chi connectivity index (χ1v) is 20.9. The largest absolute Gasteiger partial charge is 0.507 e. The van der Waals surface area contributed by atoms with Gasteiger partial charge in [-0.15, -0.1) is 0 Å². The van der Waals surface area contributed by atoms with Gasteiger partial charge in [0.15, 0.2) is 17.0 Å². The molecule has 1 amide bonds. The minimum Gasteiger partial charge on any atom is -0.507 e. The Morgan fingerprint density at radius 1 is 1.02 bits per heavy atom. The van der Waals surface area contributed by atoms with Gasteiger partial charge < -0.3 is 35.0 Å². The van der Waals surface area contributed by atoms with Gasteiger partial charge in [0.2, 0.25) is 5.78 Å². The zero-order valence-corrected chi connectivity index (χ0v) is 35.8. The van der Waals surface area contributed by atoms with Crippen molar-refractivity contribution >= 4 is 34.1 Å². The number of Topliss-reactive ketones (excluding diaryl/α,β-unsaturated/α-hetero) is 1. The molecule has 0 aliphatic carbocycles. The second kappa shape index (κ2) is 16.6. The number of allylic oxidation sites excluding steroid dienone is 4. The molecule has 0 unspecified atom stereocenters. The van der Waals surface area contributed by atoms with Crippen LogP contribution in [0.2, 0.25) is 0 Å². The van der Waals surface area contributed by atoms with Crippen LogP contribution in [0.15, 0.2) is 45.9 Å². The maximum atomic E-state index is 14.7. The van der Waals surface area contributed by atoms with E-state index in [9.17, 15) is 29.7 Å². The van der Waals surface area contributed by atoms with Gasteiger partial charge in [-0.05, 0) is 57.3 Å². The van der Waals surface area contributed by atoms with Gasteiger partial charge in [0.05, 0.1) is 22.4 Å². The molecule has 1 spiro atoms. The number of hydrogen-bond donors (Lipinski definition) is 4. The second-order valence-corrected chi connectivity index (χ2v) is 18.1. The number of rotatable bonds is 3. The molecule has 5 bridgehead atoms. The van der Waals surface area contributed by atoms with Crippen LogP contribution < -0.4 is 20.8 Å². The molecule has 58 heavy (non-hydrogen) atoms. The zero-order chi connectivity index (χ0) is 42.4. The molecule has 12 heteroatoms. The minimum atomic E-state index is -1.35. The van der Waals surface area contributed by atoms with Crippen molar-refractivity contribution in [3.8, 4) is 17.2 Å². The summed E-state index contributed by atoms with van der Waals surface area (Å²) < 4.78 is 12.3. The second-order valence-electron chi connectivity index (χ2n) is 18.1. The molecule has 1 saturated heterocycles. The Kier molecular flexibility index (Phi) is 12.3. The first-order valence-electron chi connectivity index (χ1n) is 20.9. The van der Waals surface area contributed by atoms with Gasteiger partial charge in [-0.25, -0.2) is 0 Å². The van der Waals surface area contributed by atoms with E-state index >= 15 is 0 Å². The van der Waals surface area contributed by atoms with E-state index in [0.29, 0.717) is 42.5 Å². The first-order chi connectivity index (χ1) is 27.3. The third kappa shape index (κ3) is 8.19. The molecule has 5 aliphatic rings. The number of fused-ring (bicyclic) bond motifs is 13. The summed E-state index contributed by atoms with van der Waals surface area (Å²) in [7, 11) is 0. The number of aliphatic hydroxyl groups excluding tert-OH is 1. The summed E-state index contributed by atoms with van der Waals surface area (Å²) in [5, 5.41) is 39.2. The van der Waals surface area contributed by atoms with Crippen LogP contribution in [0.4, 0.5) is 5.69 Å². The van der Waals surface area contributed by atoms with Crippen LogP contribution in [0, 0.1) is 36.5 Å². The fourth-order valence-corrected chi connectivity index (χ4v) is 9.29. The van der Waals surface area contributed by atoms with Gasteiger partial charge in [-0.1, -0.05) is 71.9 Å². The number of likely N-dealkylation sites (tertiary alicyclic amines) is 1. The maximum Gasteiger partial charge on any atom is 0.302 e. The van der Waals surface area contributed by atoms with Crippen molar-refractivity contribution in [2.75, 3.05) is 25.0 Å². The molecule has 7 atom stereocenters. The molecule has 314 valence electrons. The Balaban J connectivity index is 1.51. The summed E-state index contributed by atoms with van der Waals surface area (Å²) in [5.41, 5.74) is -1.35. The average Bonchev–Trinajstić information content (AvgIpc) is 3.66. The highest BCUT2D eigenvalue weighted by Crippen LogP contribution is 2.50. The van der Waals surface area contributed by atoms with E-state index in [-0.39, 0.29) is 80.3 Å². The van der Waals surface area contributed by atoms with Crippen molar-refractivity contribution in [2.24, 2.45) is 39.6 Å². The number of ketones is 1. The summed E-state index contributed by atoms with van der Waals surface area (Å²) in [4.78, 5) is 53.6. The van der Waals surface area contributed by atoms with Gasteiger partial charge in [0, 0.05) is 68.3 Å². The molecule has 0 aromatic heterocycles. The number of esters is 1. The average molecular weight is 799 g/mol. The summed E-state index contributed by atoms with van der Waals surface area (Å²) in [5.74, 6) is -1.76. The highest BCUT2D eigenvalue weighted by molar-refractivity contribution is 6.20. The van der Waals surface area contributed by atoms with Crippen LogP contribution in [0.1, 0.15) is 110 Å². The maximum absolute atomic E-state index is 14.7. The number of carbonyl (C=O) groups is 3. The van der Waals surface area contributed by atoms with Crippen LogP contribution in [-0.4, -0.2) is 81.0 Å². The molecule has 5 aliphatic heterocycles. The fourth-order valence-electron chi connectivity index (χ4n) is 9.29. The van der Waals surface area contributed by atoms with E-state index < -0.39 is 41.1 Å². The number of aliphatic hydroxyl groups is 1. The van der Waals surface area contributed by atoms with Gasteiger partial charge in [0.1, 0.15) is 28.6 Å². The van der Waals surface area contributed by atoms with E-state index in [0.717, 1.165) is 19.6 Å². The Morgan fingerprint density at radius 2 is 1.69 bits per heavy atom. The van der Waals surface area contributed by atoms with Crippen molar-refractivity contribution < 1.29 is 39.2 Å². The third-order valence-corrected chi connectivity index (χ3v) is 12.6. The number of benzene rings is 2. The van der Waals surface area contributed by atoms with Crippen molar-refractivity contribution in [1.29, 1.82) is 0 Å². The number of nitrogens with one attached hydrogen (secondary N) is 1. The lowest BCUT2D eigenvalue weighted by atomic mass is 9.80. The summed E-state index contributed by atoms with van der Waals surface area (Å²) in [6.07, 6.45) is 10.6. The number of phenols is 2. The summed E-state index contributed by atoms with van der Waals surface area (Å²) >= 11 is 0. The Hall–Kier alpha value is -4.55. The topological polar surface area (TPSA) is 170 Å². The predicted octanol–water partition coefficient (Wildman–Crippen LogP) is 6.61. The van der Waals surface area contributed by atoms with Crippen LogP contribution in [-0.2, 0) is 14.3 Å². The quantitative estimate of drug-likeness (QED) is 0.152. The zero-order valence-electron chi connectivity index (χ0n) is 35.8. The molecular weight excluding hydrogens is 737 g/mol. The minimum absolute atomic E-state index is 0.0101. The molecular formula is C46H62N4O8. The normalized spacial score (nSPS) is 31.3. The SMILES string of the molecule is CC(=O)O[C@H]1[C@H](C)[C@H](O)[C@H](C)C[C@@H](C)/C=C/C=C(/C)C(=O)Nc2c(O)c3c(O)c(C)c4c(c3c3c2=NC2(CCN(CC(C)C)CC2)N=3)C(=O)[C@@](C)(C/C=C/C[C@H]1C)O4. The highest BCUT2D eigenvalue weighted by Gasteiger charge is 2.48. The lowest BCUT2D eigenvalue weighted by molar-refractivity contribution is -0.156. The number of carbonyl (C=O) groups excluding carboxylic acids is 3. The number of piperidine rings is 1. The fraction of sp³-hybridized carbons (Fsp3) is 0.587. The van der Waals surface area contributed by atoms with Crippen molar-refractivity contribution in [3.63, 3.8) is 0 Å². The molecule has 2 aromatic carbocycles. The molecule has 0 radical (unpaired) electrons. The molecule has 12 nitrogen and oxygen atoms in total. The number of nitrogens with zero attached hydrogens (tertiary/aromatic N) is 3. The van der Waals surface area contributed by atoms with Gasteiger partial charge >= 0.3 is 5.97 Å². The number of aromatic hydroxyl groups is 2. The van der Waals surface area contributed by atoms with Crippen LogP contribution >= 0.6 is 0 Å². The lowest BCUT2D eigenvalue weighted by Crippen LogP contribution is -2.43. The third-order valence-electron chi connectivity index (χ3n) is 12.6. The van der Waals surface area contributed by atoms with Crippen molar-refractivity contribution in [2.45, 2.75) is 125 Å². The molecule has 5 heterocycles. The Bertz CT molecular complexity index is 2200. The van der Waals surface area contributed by atoms with E-state index in [2.05, 4.69) is 24.1 Å². The van der Waals surface area contributed by atoms with E-state index in [4.69, 9.17) is 19.5 Å². The monoisotopic (exact) mass is 798 g/mol. The number of anilines is 1. The number of phenolic OH excluding ortho intramolecular Hbond substituents is 2. The molecule has 0 saturated carbocycles. The summed E-state index contributed by atoms with van der Waals surface area (Å²) in [6, 6.07) is 0. The van der Waals surface area contributed by atoms with Crippen LogP contribution in [0.5, 0.6) is 17.2 Å². The van der Waals surface area contributed by atoms with Crippen LogP contribution in [0.3, 0.4) is 0 Å². The predicted molar refractivity (Wildman–Crippen MR) is 224 cm³/mol. The van der Waals surface area contributed by atoms with Crippen molar-refractivity contribution in [1.82, 2.24) is 4.90 Å². The Labute approximate surface area is 341 Å². The van der Waals surface area contributed by atoms with Gasteiger partial charge in [-0.3, -0.25) is 24.4 Å². The van der Waals surface area contributed by atoms with E-state index in [1.54, 1.807) is 26.8 Å².